The van der Waals surface area contributed by atoms with E-state index in [0.717, 1.165) is 6.42 Å². The normalized spacial score (nSPS) is 24.0. The van der Waals surface area contributed by atoms with Crippen molar-refractivity contribution in [2.75, 3.05) is 13.1 Å². The molecule has 1 fully saturated rings. The predicted molar refractivity (Wildman–Crippen MR) is 64.7 cm³/mol. The molecule has 92 valence electrons. The molecule has 0 aromatic carbocycles. The Bertz CT molecular complexity index is 469. The Morgan fingerprint density at radius 1 is 1.65 bits per heavy atom. The number of hydrogen-bond acceptors (Lipinski definition) is 3. The highest BCUT2D eigenvalue weighted by Gasteiger charge is 2.34. The molecule has 3 N–H and O–H groups in total. The van der Waals surface area contributed by atoms with Crippen LogP contribution in [0.3, 0.4) is 0 Å². The van der Waals surface area contributed by atoms with Crippen molar-refractivity contribution in [3.05, 3.63) is 34.2 Å². The van der Waals surface area contributed by atoms with Crippen LogP contribution in [0.2, 0.25) is 0 Å². The molecule has 1 aliphatic rings. The van der Waals surface area contributed by atoms with Gasteiger partial charge in [0.2, 0.25) is 0 Å². The van der Waals surface area contributed by atoms with Crippen LogP contribution in [-0.4, -0.2) is 34.9 Å². The zero-order valence-electron chi connectivity index (χ0n) is 9.85. The number of rotatable bonds is 2. The van der Waals surface area contributed by atoms with Gasteiger partial charge in [0.1, 0.15) is 5.56 Å². The number of nitrogens with zero attached hydrogens (tertiary/aromatic N) is 1. The maximum Gasteiger partial charge on any atom is 0.259 e. The topological polar surface area (TPSA) is 79.2 Å². The highest BCUT2D eigenvalue weighted by atomic mass is 16.2. The summed E-state index contributed by atoms with van der Waals surface area (Å²) < 4.78 is 0. The molecule has 0 spiro atoms. The van der Waals surface area contributed by atoms with Gasteiger partial charge < -0.3 is 15.6 Å². The Balaban J connectivity index is 2.27. The zero-order valence-corrected chi connectivity index (χ0v) is 9.85. The van der Waals surface area contributed by atoms with Crippen molar-refractivity contribution >= 4 is 5.91 Å². The molecule has 5 nitrogen and oxygen atoms in total. The van der Waals surface area contributed by atoms with E-state index in [0.29, 0.717) is 19.0 Å². The summed E-state index contributed by atoms with van der Waals surface area (Å²) >= 11 is 0. The molecule has 1 saturated heterocycles. The maximum atomic E-state index is 12.2. The fourth-order valence-electron chi connectivity index (χ4n) is 2.36. The lowest BCUT2D eigenvalue weighted by Gasteiger charge is -2.25. The number of hydrogen-bond donors (Lipinski definition) is 2. The lowest BCUT2D eigenvalue weighted by atomic mass is 10.0. The molecule has 0 saturated carbocycles. The Hall–Kier alpha value is -1.62. The summed E-state index contributed by atoms with van der Waals surface area (Å²) in [4.78, 5) is 28.3. The molecule has 2 atom stereocenters. The van der Waals surface area contributed by atoms with Crippen LogP contribution in [0, 0.1) is 5.92 Å². The van der Waals surface area contributed by atoms with Crippen LogP contribution < -0.4 is 11.2 Å². The number of pyridine rings is 1. The van der Waals surface area contributed by atoms with Crippen molar-refractivity contribution in [2.45, 2.75) is 19.4 Å². The maximum absolute atomic E-state index is 12.2. The molecule has 1 aromatic rings. The van der Waals surface area contributed by atoms with E-state index in [4.69, 9.17) is 5.73 Å². The number of nitrogens with two attached hydrogens (primary N) is 1. The average molecular weight is 235 g/mol. The van der Waals surface area contributed by atoms with E-state index in [9.17, 15) is 9.59 Å². The first-order valence-electron chi connectivity index (χ1n) is 5.83. The van der Waals surface area contributed by atoms with E-state index in [1.807, 2.05) is 0 Å². The second-order valence-electron chi connectivity index (χ2n) is 4.49. The number of amides is 1. The molecule has 1 amide bonds. The molecule has 0 bridgehead atoms. The monoisotopic (exact) mass is 235 g/mol. The van der Waals surface area contributed by atoms with Crippen molar-refractivity contribution in [1.29, 1.82) is 0 Å². The molecule has 0 aliphatic carbocycles. The highest BCUT2D eigenvalue weighted by molar-refractivity contribution is 5.94. The fourth-order valence-corrected chi connectivity index (χ4v) is 2.36. The molecule has 2 rings (SSSR count). The molecule has 5 heteroatoms. The van der Waals surface area contributed by atoms with E-state index in [2.05, 4.69) is 11.9 Å². The number of aromatic amines is 1. The van der Waals surface area contributed by atoms with Gasteiger partial charge in [0.25, 0.3) is 5.91 Å². The molecular weight excluding hydrogens is 218 g/mol. The van der Waals surface area contributed by atoms with E-state index in [1.165, 1.54) is 18.5 Å². The summed E-state index contributed by atoms with van der Waals surface area (Å²) in [5.74, 6) is 0.179. The largest absolute Gasteiger partial charge is 0.367 e. The first-order valence-corrected chi connectivity index (χ1v) is 5.83. The Kier molecular flexibility index (Phi) is 3.28. The minimum absolute atomic E-state index is 0.0436. The van der Waals surface area contributed by atoms with Gasteiger partial charge in [-0.25, -0.2) is 0 Å². The van der Waals surface area contributed by atoms with Crippen molar-refractivity contribution < 1.29 is 4.79 Å². The summed E-state index contributed by atoms with van der Waals surface area (Å²) in [7, 11) is 0. The van der Waals surface area contributed by atoms with Crippen LogP contribution in [0.15, 0.2) is 23.3 Å². The van der Waals surface area contributed by atoms with Gasteiger partial charge in [-0.05, 0) is 12.3 Å². The summed E-state index contributed by atoms with van der Waals surface area (Å²) in [5.41, 5.74) is 5.64. The number of aromatic nitrogens is 1. The second kappa shape index (κ2) is 4.71. The number of nitrogens with one attached hydrogen (secondary N) is 1. The summed E-state index contributed by atoms with van der Waals surface area (Å²) in [6, 6.07) is 1.41. The quantitative estimate of drug-likeness (QED) is 0.767. The van der Waals surface area contributed by atoms with Crippen molar-refractivity contribution in [3.8, 4) is 0 Å². The number of carbonyl (C=O) groups is 1. The Morgan fingerprint density at radius 2 is 2.41 bits per heavy atom. The van der Waals surface area contributed by atoms with Gasteiger partial charge in [-0.2, -0.15) is 0 Å². The number of H-pyrrole nitrogens is 1. The third kappa shape index (κ3) is 2.10. The predicted octanol–water partition coefficient (Wildman–Crippen LogP) is 0.184. The molecule has 2 unspecified atom stereocenters. The lowest BCUT2D eigenvalue weighted by Crippen LogP contribution is -2.43. The van der Waals surface area contributed by atoms with Crippen LogP contribution in [0.4, 0.5) is 0 Å². The summed E-state index contributed by atoms with van der Waals surface area (Å²) in [6.45, 7) is 3.20. The SMILES string of the molecule is CC1CCN(C(=O)c2c[nH]ccc2=O)C1CN. The third-order valence-corrected chi connectivity index (χ3v) is 3.44. The smallest absolute Gasteiger partial charge is 0.259 e. The van der Waals surface area contributed by atoms with Gasteiger partial charge in [-0.15, -0.1) is 0 Å². The molecule has 1 aromatic heterocycles. The Morgan fingerprint density at radius 3 is 3.06 bits per heavy atom. The van der Waals surface area contributed by atoms with Gasteiger partial charge in [-0.3, -0.25) is 9.59 Å². The average Bonchev–Trinajstić information content (AvgIpc) is 2.70. The molecular formula is C12H17N3O2. The van der Waals surface area contributed by atoms with Crippen molar-refractivity contribution in [3.63, 3.8) is 0 Å². The third-order valence-electron chi connectivity index (χ3n) is 3.44. The van der Waals surface area contributed by atoms with Gasteiger partial charge in [0.15, 0.2) is 5.43 Å². The second-order valence-corrected chi connectivity index (χ2v) is 4.49. The number of likely N-dealkylation sites (tertiary alicyclic amines) is 1. The Labute approximate surface area is 99.6 Å². The van der Waals surface area contributed by atoms with Crippen LogP contribution in [-0.2, 0) is 0 Å². The van der Waals surface area contributed by atoms with Gasteiger partial charge in [-0.1, -0.05) is 6.92 Å². The highest BCUT2D eigenvalue weighted by Crippen LogP contribution is 2.24. The molecule has 1 aliphatic heterocycles. The fraction of sp³-hybridized carbons (Fsp3) is 0.500. The van der Waals surface area contributed by atoms with Crippen LogP contribution >= 0.6 is 0 Å². The first kappa shape index (κ1) is 11.9. The van der Waals surface area contributed by atoms with Gasteiger partial charge in [0.05, 0.1) is 0 Å². The molecule has 2 heterocycles. The van der Waals surface area contributed by atoms with Crippen LogP contribution in [0.5, 0.6) is 0 Å². The van der Waals surface area contributed by atoms with E-state index in [1.54, 1.807) is 4.90 Å². The van der Waals surface area contributed by atoms with Crippen molar-refractivity contribution in [2.24, 2.45) is 11.7 Å². The molecule has 0 radical (unpaired) electrons. The van der Waals surface area contributed by atoms with E-state index >= 15 is 0 Å². The van der Waals surface area contributed by atoms with Gasteiger partial charge >= 0.3 is 0 Å². The summed E-state index contributed by atoms with van der Waals surface area (Å²) in [5, 5.41) is 0. The summed E-state index contributed by atoms with van der Waals surface area (Å²) in [6.07, 6.45) is 3.92. The minimum Gasteiger partial charge on any atom is -0.367 e. The van der Waals surface area contributed by atoms with E-state index in [-0.39, 0.29) is 22.9 Å². The number of carbonyl (C=O) groups excluding carboxylic acids is 1. The zero-order chi connectivity index (χ0) is 12.4. The lowest BCUT2D eigenvalue weighted by molar-refractivity contribution is 0.0725. The van der Waals surface area contributed by atoms with E-state index < -0.39 is 0 Å². The first-order chi connectivity index (χ1) is 8.15. The van der Waals surface area contributed by atoms with Crippen LogP contribution in [0.1, 0.15) is 23.7 Å². The van der Waals surface area contributed by atoms with Gasteiger partial charge in [0, 0.05) is 37.6 Å². The van der Waals surface area contributed by atoms with Crippen molar-refractivity contribution in [1.82, 2.24) is 9.88 Å². The molecule has 17 heavy (non-hydrogen) atoms. The van der Waals surface area contributed by atoms with Crippen LogP contribution in [0.25, 0.3) is 0 Å². The standard InChI is InChI=1S/C12H17N3O2/c1-8-3-5-15(10(8)6-13)12(17)9-7-14-4-2-11(9)16/h2,4,7-8,10H,3,5-6,13H2,1H3,(H,14,16). The minimum atomic E-state index is -0.246.